The van der Waals surface area contributed by atoms with Crippen LogP contribution in [0.25, 0.3) is 0 Å². The first kappa shape index (κ1) is 20.7. The van der Waals surface area contributed by atoms with E-state index in [1.807, 2.05) is 30.3 Å². The van der Waals surface area contributed by atoms with Crippen LogP contribution in [-0.2, 0) is 10.0 Å². The molecule has 1 amide bonds. The molecule has 3 aromatic rings. The molecule has 3 aromatic carbocycles. The van der Waals surface area contributed by atoms with Crippen LogP contribution in [0.4, 0.5) is 10.1 Å². The molecule has 0 saturated carbocycles. The Kier molecular flexibility index (Phi) is 6.10. The molecule has 5 nitrogen and oxygen atoms in total. The van der Waals surface area contributed by atoms with Crippen LogP contribution in [0.1, 0.15) is 34.5 Å². The van der Waals surface area contributed by atoms with Crippen molar-refractivity contribution in [2.75, 3.05) is 5.32 Å². The van der Waals surface area contributed by atoms with E-state index in [1.165, 1.54) is 42.5 Å². The molecule has 150 valence electrons. The van der Waals surface area contributed by atoms with Gasteiger partial charge in [-0.05, 0) is 61.4 Å². The summed E-state index contributed by atoms with van der Waals surface area (Å²) < 4.78 is 41.5. The van der Waals surface area contributed by atoms with E-state index in [0.717, 1.165) is 5.56 Å². The lowest BCUT2D eigenvalue weighted by Gasteiger charge is -2.15. The fourth-order valence-electron chi connectivity index (χ4n) is 2.84. The van der Waals surface area contributed by atoms with E-state index in [4.69, 9.17) is 0 Å². The monoisotopic (exact) mass is 412 g/mol. The van der Waals surface area contributed by atoms with Gasteiger partial charge in [-0.15, -0.1) is 0 Å². The van der Waals surface area contributed by atoms with Gasteiger partial charge in [0.05, 0.1) is 4.90 Å². The Hall–Kier alpha value is -3.03. The van der Waals surface area contributed by atoms with Gasteiger partial charge in [0.25, 0.3) is 5.91 Å². The quantitative estimate of drug-likeness (QED) is 0.629. The van der Waals surface area contributed by atoms with Gasteiger partial charge in [-0.3, -0.25) is 4.79 Å². The molecule has 0 radical (unpaired) electrons. The maximum atomic E-state index is 13.4. The number of hydrogen-bond acceptors (Lipinski definition) is 3. The first-order valence-corrected chi connectivity index (χ1v) is 10.5. The zero-order valence-corrected chi connectivity index (χ0v) is 16.8. The van der Waals surface area contributed by atoms with Crippen LogP contribution in [-0.4, -0.2) is 14.3 Å². The van der Waals surface area contributed by atoms with Gasteiger partial charge in [-0.2, -0.15) is 0 Å². The Bertz CT molecular complexity index is 1130. The molecule has 3 rings (SSSR count). The summed E-state index contributed by atoms with van der Waals surface area (Å²) in [6.45, 7) is 3.35. The zero-order chi connectivity index (χ0) is 21.0. The van der Waals surface area contributed by atoms with Gasteiger partial charge in [0.15, 0.2) is 0 Å². The van der Waals surface area contributed by atoms with E-state index in [-0.39, 0.29) is 16.3 Å². The molecule has 0 fully saturated rings. The number of carbonyl (C=O) groups excluding carboxylic acids is 1. The number of sulfonamides is 1. The second kappa shape index (κ2) is 8.55. The summed E-state index contributed by atoms with van der Waals surface area (Å²) in [5.74, 6) is -0.848. The minimum atomic E-state index is -3.83. The minimum Gasteiger partial charge on any atom is -0.322 e. The molecule has 0 bridgehead atoms. The largest absolute Gasteiger partial charge is 0.322 e. The van der Waals surface area contributed by atoms with Crippen molar-refractivity contribution in [1.82, 2.24) is 4.72 Å². The van der Waals surface area contributed by atoms with Gasteiger partial charge in [0.1, 0.15) is 5.82 Å². The molecule has 0 aliphatic heterocycles. The van der Waals surface area contributed by atoms with Crippen molar-refractivity contribution in [3.05, 3.63) is 95.3 Å². The summed E-state index contributed by atoms with van der Waals surface area (Å²) in [6.07, 6.45) is 0. The topological polar surface area (TPSA) is 75.3 Å². The normalized spacial score (nSPS) is 12.4. The molecular formula is C22H21FN2O3S. The maximum absolute atomic E-state index is 13.4. The molecule has 0 aliphatic carbocycles. The Morgan fingerprint density at radius 2 is 1.69 bits per heavy atom. The molecule has 7 heteroatoms. The SMILES string of the molecule is Cc1cc(NC(=O)c2cccc(S(=O)(=O)N[C@H](C)c3ccccc3)c2)ccc1F. The molecule has 0 saturated heterocycles. The third-order valence-electron chi connectivity index (χ3n) is 4.45. The number of rotatable bonds is 6. The lowest BCUT2D eigenvalue weighted by molar-refractivity contribution is 0.102. The minimum absolute atomic E-state index is 0.0109. The third kappa shape index (κ3) is 5.07. The first-order valence-electron chi connectivity index (χ1n) is 9.01. The molecule has 0 spiro atoms. The van der Waals surface area contributed by atoms with E-state index in [0.29, 0.717) is 11.3 Å². The Balaban J connectivity index is 1.78. The number of aryl methyl sites for hydroxylation is 1. The lowest BCUT2D eigenvalue weighted by Crippen LogP contribution is -2.27. The number of benzene rings is 3. The van der Waals surface area contributed by atoms with E-state index in [2.05, 4.69) is 10.0 Å². The Morgan fingerprint density at radius 1 is 0.966 bits per heavy atom. The molecule has 0 unspecified atom stereocenters. The van der Waals surface area contributed by atoms with Crippen LogP contribution in [0.3, 0.4) is 0 Å². The van der Waals surface area contributed by atoms with Crippen molar-refractivity contribution >= 4 is 21.6 Å². The van der Waals surface area contributed by atoms with Crippen LogP contribution < -0.4 is 10.0 Å². The smallest absolute Gasteiger partial charge is 0.255 e. The first-order chi connectivity index (χ1) is 13.8. The molecule has 0 aliphatic rings. The number of anilines is 1. The summed E-state index contributed by atoms with van der Waals surface area (Å²) >= 11 is 0. The second-order valence-corrected chi connectivity index (χ2v) is 8.41. The average Bonchev–Trinajstić information content (AvgIpc) is 2.71. The van der Waals surface area contributed by atoms with Gasteiger partial charge < -0.3 is 5.32 Å². The van der Waals surface area contributed by atoms with Crippen molar-refractivity contribution in [3.63, 3.8) is 0 Å². The summed E-state index contributed by atoms with van der Waals surface area (Å²) in [6, 6.07) is 18.8. The van der Waals surface area contributed by atoms with E-state index >= 15 is 0 Å². The highest BCUT2D eigenvalue weighted by Gasteiger charge is 2.20. The van der Waals surface area contributed by atoms with Gasteiger partial charge in [-0.25, -0.2) is 17.5 Å². The summed E-state index contributed by atoms with van der Waals surface area (Å²) in [5.41, 5.74) is 1.84. The number of halogens is 1. The predicted molar refractivity (Wildman–Crippen MR) is 111 cm³/mol. The van der Waals surface area contributed by atoms with Crippen molar-refractivity contribution in [1.29, 1.82) is 0 Å². The van der Waals surface area contributed by atoms with Crippen LogP contribution >= 0.6 is 0 Å². The van der Waals surface area contributed by atoms with Crippen LogP contribution in [0.15, 0.2) is 77.7 Å². The highest BCUT2D eigenvalue weighted by atomic mass is 32.2. The molecule has 1 atom stereocenters. The van der Waals surface area contributed by atoms with E-state index < -0.39 is 22.0 Å². The third-order valence-corrected chi connectivity index (χ3v) is 5.99. The van der Waals surface area contributed by atoms with Crippen LogP contribution in [0.5, 0.6) is 0 Å². The lowest BCUT2D eigenvalue weighted by atomic mass is 10.1. The standard InChI is InChI=1S/C22H21FN2O3S/c1-15-13-19(11-12-21(15)23)24-22(26)18-9-6-10-20(14-18)29(27,28)25-16(2)17-7-4-3-5-8-17/h3-14,16,25H,1-2H3,(H,24,26)/t16-/m1/s1. The number of nitrogens with one attached hydrogen (secondary N) is 2. The van der Waals surface area contributed by atoms with Gasteiger partial charge in [-0.1, -0.05) is 36.4 Å². The fraction of sp³-hybridized carbons (Fsp3) is 0.136. The Morgan fingerprint density at radius 3 is 2.38 bits per heavy atom. The highest BCUT2D eigenvalue weighted by Crippen LogP contribution is 2.19. The van der Waals surface area contributed by atoms with Gasteiger partial charge in [0.2, 0.25) is 10.0 Å². The molecule has 29 heavy (non-hydrogen) atoms. The molecular weight excluding hydrogens is 391 g/mol. The number of amides is 1. The summed E-state index contributed by atoms with van der Waals surface area (Å²) in [5, 5.41) is 2.65. The predicted octanol–water partition coefficient (Wildman–Crippen LogP) is 4.43. The van der Waals surface area contributed by atoms with Crippen LogP contribution in [0.2, 0.25) is 0 Å². The molecule has 0 aromatic heterocycles. The van der Waals surface area contributed by atoms with Gasteiger partial charge >= 0.3 is 0 Å². The van der Waals surface area contributed by atoms with Gasteiger partial charge in [0, 0.05) is 17.3 Å². The van der Waals surface area contributed by atoms with Crippen molar-refractivity contribution in [3.8, 4) is 0 Å². The molecule has 0 heterocycles. The number of carbonyl (C=O) groups is 1. The number of hydrogen-bond donors (Lipinski definition) is 2. The Labute approximate surface area is 169 Å². The second-order valence-electron chi connectivity index (χ2n) is 6.70. The summed E-state index contributed by atoms with van der Waals surface area (Å²) in [7, 11) is -3.83. The highest BCUT2D eigenvalue weighted by molar-refractivity contribution is 7.89. The average molecular weight is 412 g/mol. The zero-order valence-electron chi connectivity index (χ0n) is 16.0. The summed E-state index contributed by atoms with van der Waals surface area (Å²) in [4.78, 5) is 12.5. The van der Waals surface area contributed by atoms with E-state index in [9.17, 15) is 17.6 Å². The fourth-order valence-corrected chi connectivity index (χ4v) is 4.12. The van der Waals surface area contributed by atoms with Crippen molar-refractivity contribution < 1.29 is 17.6 Å². The maximum Gasteiger partial charge on any atom is 0.255 e. The van der Waals surface area contributed by atoms with Crippen molar-refractivity contribution in [2.24, 2.45) is 0 Å². The molecule has 2 N–H and O–H groups in total. The van der Waals surface area contributed by atoms with Crippen molar-refractivity contribution in [2.45, 2.75) is 24.8 Å². The van der Waals surface area contributed by atoms with E-state index in [1.54, 1.807) is 13.8 Å². The van der Waals surface area contributed by atoms with Crippen LogP contribution in [0, 0.1) is 12.7 Å².